The van der Waals surface area contributed by atoms with Gasteiger partial charge in [0.2, 0.25) is 0 Å². The van der Waals surface area contributed by atoms with Crippen LogP contribution in [-0.4, -0.2) is 16.1 Å². The van der Waals surface area contributed by atoms with E-state index in [1.165, 1.54) is 11.1 Å². The van der Waals surface area contributed by atoms with E-state index in [0.717, 1.165) is 35.0 Å². The number of aromatic amines is 1. The van der Waals surface area contributed by atoms with E-state index in [0.29, 0.717) is 6.42 Å². The van der Waals surface area contributed by atoms with E-state index >= 15 is 0 Å². The van der Waals surface area contributed by atoms with Crippen LogP contribution in [0.1, 0.15) is 44.7 Å². The van der Waals surface area contributed by atoms with Gasteiger partial charge in [-0.3, -0.25) is 4.79 Å². The van der Waals surface area contributed by atoms with Crippen LogP contribution in [0.3, 0.4) is 0 Å². The molecule has 2 N–H and O–H groups in total. The van der Waals surface area contributed by atoms with Crippen LogP contribution in [0.4, 0.5) is 0 Å². The first-order valence-electron chi connectivity index (χ1n) is 9.23. The Kier molecular flexibility index (Phi) is 3.72. The smallest absolute Gasteiger partial charge is 0.309 e. The van der Waals surface area contributed by atoms with Crippen molar-refractivity contribution in [3.63, 3.8) is 0 Å². The lowest BCUT2D eigenvalue weighted by Gasteiger charge is -2.19. The van der Waals surface area contributed by atoms with Gasteiger partial charge in [-0.05, 0) is 65.6 Å². The molecular formula is C23H25NO2. The summed E-state index contributed by atoms with van der Waals surface area (Å²) in [6.07, 6.45) is 2.20. The Morgan fingerprint density at radius 3 is 2.54 bits per heavy atom. The summed E-state index contributed by atoms with van der Waals surface area (Å²) in [4.78, 5) is 14.9. The van der Waals surface area contributed by atoms with Crippen LogP contribution in [-0.2, 0) is 16.6 Å². The summed E-state index contributed by atoms with van der Waals surface area (Å²) in [6, 6.07) is 17.1. The second kappa shape index (κ2) is 5.73. The molecular weight excluding hydrogens is 322 g/mol. The maximum atomic E-state index is 11.4. The molecule has 1 saturated carbocycles. The van der Waals surface area contributed by atoms with Gasteiger partial charge < -0.3 is 10.1 Å². The number of benzene rings is 2. The minimum absolute atomic E-state index is 0.116. The summed E-state index contributed by atoms with van der Waals surface area (Å²) in [7, 11) is 0. The molecule has 0 atom stereocenters. The number of carboxylic acids is 1. The first kappa shape index (κ1) is 16.9. The fourth-order valence-corrected chi connectivity index (χ4v) is 3.61. The SMILES string of the molecule is CC(C)(C)c1cccc(-c2cc3cc(CC4(C(=O)O)CC4)ccc3[nH]2)c1. The molecule has 134 valence electrons. The van der Waals surface area contributed by atoms with Crippen molar-refractivity contribution < 1.29 is 9.90 Å². The van der Waals surface area contributed by atoms with Crippen molar-refractivity contribution in [2.24, 2.45) is 5.41 Å². The van der Waals surface area contributed by atoms with E-state index in [1.54, 1.807) is 0 Å². The molecule has 1 aromatic heterocycles. The minimum atomic E-state index is -0.661. The number of fused-ring (bicyclic) bond motifs is 1. The average molecular weight is 347 g/mol. The van der Waals surface area contributed by atoms with Gasteiger partial charge in [0.15, 0.2) is 0 Å². The molecule has 2 aromatic carbocycles. The number of aliphatic carboxylic acids is 1. The molecule has 0 bridgehead atoms. The number of carbonyl (C=O) groups is 1. The maximum Gasteiger partial charge on any atom is 0.309 e. The Hall–Kier alpha value is -2.55. The molecule has 0 aliphatic heterocycles. The number of hydrogen-bond acceptors (Lipinski definition) is 1. The fraction of sp³-hybridized carbons (Fsp3) is 0.348. The van der Waals surface area contributed by atoms with Gasteiger partial charge in [0.1, 0.15) is 0 Å². The highest BCUT2D eigenvalue weighted by molar-refractivity contribution is 5.87. The zero-order chi connectivity index (χ0) is 18.5. The highest BCUT2D eigenvalue weighted by atomic mass is 16.4. The first-order chi connectivity index (χ1) is 12.3. The molecule has 0 amide bonds. The molecule has 1 aliphatic carbocycles. The Labute approximate surface area is 154 Å². The third-order valence-electron chi connectivity index (χ3n) is 5.57. The van der Waals surface area contributed by atoms with Crippen LogP contribution < -0.4 is 0 Å². The largest absolute Gasteiger partial charge is 0.481 e. The number of nitrogens with one attached hydrogen (secondary N) is 1. The summed E-state index contributed by atoms with van der Waals surface area (Å²) in [5, 5.41) is 10.6. The summed E-state index contributed by atoms with van der Waals surface area (Å²) in [6.45, 7) is 6.67. The summed E-state index contributed by atoms with van der Waals surface area (Å²) < 4.78 is 0. The van der Waals surface area contributed by atoms with Gasteiger partial charge in [-0.2, -0.15) is 0 Å². The molecule has 0 saturated heterocycles. The lowest BCUT2D eigenvalue weighted by molar-refractivity contribution is -0.143. The topological polar surface area (TPSA) is 53.1 Å². The number of aromatic nitrogens is 1. The van der Waals surface area contributed by atoms with Crippen LogP contribution in [0.15, 0.2) is 48.5 Å². The van der Waals surface area contributed by atoms with Crippen molar-refractivity contribution in [1.29, 1.82) is 0 Å². The van der Waals surface area contributed by atoms with Crippen molar-refractivity contribution >= 4 is 16.9 Å². The lowest BCUT2D eigenvalue weighted by atomic mass is 9.86. The van der Waals surface area contributed by atoms with Gasteiger partial charge in [-0.1, -0.05) is 45.0 Å². The van der Waals surface area contributed by atoms with Crippen molar-refractivity contribution in [2.45, 2.75) is 45.4 Å². The first-order valence-corrected chi connectivity index (χ1v) is 9.23. The van der Waals surface area contributed by atoms with Crippen LogP contribution in [0.5, 0.6) is 0 Å². The van der Waals surface area contributed by atoms with Crippen LogP contribution in [0.25, 0.3) is 22.2 Å². The number of rotatable bonds is 4. The molecule has 0 unspecified atom stereocenters. The predicted molar refractivity (Wildman–Crippen MR) is 105 cm³/mol. The highest BCUT2D eigenvalue weighted by Crippen LogP contribution is 2.48. The molecule has 3 aromatic rings. The zero-order valence-electron chi connectivity index (χ0n) is 15.6. The molecule has 3 nitrogen and oxygen atoms in total. The molecule has 0 radical (unpaired) electrons. The monoisotopic (exact) mass is 347 g/mol. The molecule has 1 fully saturated rings. The molecule has 3 heteroatoms. The second-order valence-electron chi connectivity index (χ2n) is 8.70. The van der Waals surface area contributed by atoms with Gasteiger partial charge in [0.05, 0.1) is 5.41 Å². The fourth-order valence-electron chi connectivity index (χ4n) is 3.61. The molecule has 1 aliphatic rings. The third kappa shape index (κ3) is 3.03. The Balaban J connectivity index is 1.67. The zero-order valence-corrected chi connectivity index (χ0v) is 15.6. The van der Waals surface area contributed by atoms with Crippen LogP contribution in [0, 0.1) is 5.41 Å². The third-order valence-corrected chi connectivity index (χ3v) is 5.57. The molecule has 0 spiro atoms. The average Bonchev–Trinajstić information content (AvgIpc) is 3.25. The van der Waals surface area contributed by atoms with Crippen molar-refractivity contribution in [1.82, 2.24) is 4.98 Å². The van der Waals surface area contributed by atoms with Crippen molar-refractivity contribution in [3.8, 4) is 11.3 Å². The van der Waals surface area contributed by atoms with Crippen LogP contribution in [0.2, 0.25) is 0 Å². The summed E-state index contributed by atoms with van der Waals surface area (Å²) >= 11 is 0. The van der Waals surface area contributed by atoms with E-state index < -0.39 is 11.4 Å². The van der Waals surface area contributed by atoms with E-state index in [-0.39, 0.29) is 5.41 Å². The number of hydrogen-bond donors (Lipinski definition) is 2. The minimum Gasteiger partial charge on any atom is -0.481 e. The summed E-state index contributed by atoms with van der Waals surface area (Å²) in [5.41, 5.74) is 5.38. The predicted octanol–water partition coefficient (Wildman–Crippen LogP) is 5.54. The van der Waals surface area contributed by atoms with Gasteiger partial charge in [0.25, 0.3) is 0 Å². The lowest BCUT2D eigenvalue weighted by Crippen LogP contribution is -2.17. The van der Waals surface area contributed by atoms with Gasteiger partial charge in [-0.15, -0.1) is 0 Å². The van der Waals surface area contributed by atoms with E-state index in [9.17, 15) is 9.90 Å². The second-order valence-corrected chi connectivity index (χ2v) is 8.70. The normalized spacial score (nSPS) is 16.0. The van der Waals surface area contributed by atoms with Crippen molar-refractivity contribution in [2.75, 3.05) is 0 Å². The highest BCUT2D eigenvalue weighted by Gasteiger charge is 2.49. The molecule has 1 heterocycles. The molecule has 26 heavy (non-hydrogen) atoms. The van der Waals surface area contributed by atoms with Gasteiger partial charge in [0, 0.05) is 16.6 Å². The Morgan fingerprint density at radius 1 is 1.12 bits per heavy atom. The Bertz CT molecular complexity index is 987. The van der Waals surface area contributed by atoms with Gasteiger partial charge >= 0.3 is 5.97 Å². The van der Waals surface area contributed by atoms with Crippen LogP contribution >= 0.6 is 0 Å². The quantitative estimate of drug-likeness (QED) is 0.651. The number of H-pyrrole nitrogens is 1. The van der Waals surface area contributed by atoms with E-state index in [4.69, 9.17) is 0 Å². The standard InChI is InChI=1S/C23H25NO2/c1-22(2,3)18-6-4-5-16(12-18)20-13-17-11-15(7-8-19(17)24-20)14-23(9-10-23)21(25)26/h4-8,11-13,24H,9-10,14H2,1-3H3,(H,25,26). The van der Waals surface area contributed by atoms with E-state index in [1.807, 2.05) is 0 Å². The van der Waals surface area contributed by atoms with E-state index in [2.05, 4.69) is 74.3 Å². The molecule has 4 rings (SSSR count). The van der Waals surface area contributed by atoms with Gasteiger partial charge in [-0.25, -0.2) is 0 Å². The maximum absolute atomic E-state index is 11.4. The Morgan fingerprint density at radius 2 is 1.88 bits per heavy atom. The van der Waals surface area contributed by atoms with Crippen molar-refractivity contribution in [3.05, 3.63) is 59.7 Å². The summed E-state index contributed by atoms with van der Waals surface area (Å²) in [5.74, 6) is -0.661. The number of carboxylic acid groups (broad SMARTS) is 1.